The van der Waals surface area contributed by atoms with E-state index in [1.165, 1.54) is 30.2 Å². The molecule has 0 saturated carbocycles. The van der Waals surface area contributed by atoms with Crippen LogP contribution >= 0.6 is 23.1 Å². The largest absolute Gasteiger partial charge is 0.465 e. The minimum Gasteiger partial charge on any atom is -0.465 e. The number of ether oxygens (including phenoxy) is 1. The number of esters is 1. The van der Waals surface area contributed by atoms with Crippen molar-refractivity contribution in [3.63, 3.8) is 0 Å². The summed E-state index contributed by atoms with van der Waals surface area (Å²) >= 11 is 2.91. The second-order valence-electron chi connectivity index (χ2n) is 3.87. The van der Waals surface area contributed by atoms with Gasteiger partial charge in [0.15, 0.2) is 0 Å². The number of aryl methyl sites for hydroxylation is 1. The first-order valence-electron chi connectivity index (χ1n) is 5.93. The Kier molecular flexibility index (Phi) is 4.98. The summed E-state index contributed by atoms with van der Waals surface area (Å²) in [6.45, 7) is 2.10. The van der Waals surface area contributed by atoms with Crippen LogP contribution < -0.4 is 0 Å². The van der Waals surface area contributed by atoms with Gasteiger partial charge in [-0.25, -0.2) is 9.78 Å². The van der Waals surface area contributed by atoms with Crippen LogP contribution in [-0.4, -0.2) is 28.3 Å². The van der Waals surface area contributed by atoms with Crippen molar-refractivity contribution in [2.45, 2.75) is 30.7 Å². The van der Waals surface area contributed by atoms with E-state index in [4.69, 9.17) is 4.74 Å². The van der Waals surface area contributed by atoms with Crippen molar-refractivity contribution in [1.82, 2.24) is 15.2 Å². The van der Waals surface area contributed by atoms with Crippen LogP contribution in [0.2, 0.25) is 0 Å². The SMILES string of the molecule is CCCc1nc(SCc2ccsc2C(=O)OC)n[nH]1. The van der Waals surface area contributed by atoms with Gasteiger partial charge in [0.1, 0.15) is 10.7 Å². The molecule has 2 aromatic heterocycles. The summed E-state index contributed by atoms with van der Waals surface area (Å²) in [5, 5.41) is 9.66. The van der Waals surface area contributed by atoms with Crippen molar-refractivity contribution in [2.24, 2.45) is 0 Å². The molecule has 0 aliphatic rings. The van der Waals surface area contributed by atoms with Crippen molar-refractivity contribution in [3.05, 3.63) is 27.7 Å². The van der Waals surface area contributed by atoms with Gasteiger partial charge >= 0.3 is 5.97 Å². The third kappa shape index (κ3) is 3.57. The van der Waals surface area contributed by atoms with Crippen LogP contribution in [-0.2, 0) is 16.9 Å². The van der Waals surface area contributed by atoms with Gasteiger partial charge in [0.05, 0.1) is 7.11 Å². The van der Waals surface area contributed by atoms with E-state index in [1.54, 1.807) is 0 Å². The predicted octanol–water partition coefficient (Wildman–Crippen LogP) is 2.90. The Bertz CT molecular complexity index is 551. The molecular weight excluding hydrogens is 282 g/mol. The lowest BCUT2D eigenvalue weighted by Crippen LogP contribution is -2.01. The maximum atomic E-state index is 11.5. The van der Waals surface area contributed by atoms with Crippen LogP contribution in [0, 0.1) is 0 Å². The molecule has 1 N–H and O–H groups in total. The Labute approximate surface area is 119 Å². The van der Waals surface area contributed by atoms with E-state index in [0.717, 1.165) is 24.2 Å². The molecule has 102 valence electrons. The van der Waals surface area contributed by atoms with Crippen molar-refractivity contribution in [2.75, 3.05) is 7.11 Å². The van der Waals surface area contributed by atoms with Gasteiger partial charge in [-0.15, -0.1) is 16.4 Å². The average molecular weight is 297 g/mol. The summed E-state index contributed by atoms with van der Waals surface area (Å²) in [5.41, 5.74) is 0.962. The first kappa shape index (κ1) is 14.1. The summed E-state index contributed by atoms with van der Waals surface area (Å²) in [6.07, 6.45) is 1.94. The molecule has 0 spiro atoms. The first-order valence-corrected chi connectivity index (χ1v) is 7.80. The van der Waals surface area contributed by atoms with Crippen LogP contribution in [0.15, 0.2) is 16.6 Å². The quantitative estimate of drug-likeness (QED) is 0.656. The third-order valence-electron chi connectivity index (χ3n) is 2.47. The molecule has 5 nitrogen and oxygen atoms in total. The molecule has 0 aliphatic heterocycles. The molecule has 19 heavy (non-hydrogen) atoms. The van der Waals surface area contributed by atoms with E-state index in [2.05, 4.69) is 22.1 Å². The standard InChI is InChI=1S/C12H15N3O2S2/c1-3-4-9-13-12(15-14-9)19-7-8-5-6-18-10(8)11(16)17-2/h5-6H,3-4,7H2,1-2H3,(H,13,14,15). The highest BCUT2D eigenvalue weighted by Crippen LogP contribution is 2.25. The molecule has 2 heterocycles. The number of hydrogen-bond acceptors (Lipinski definition) is 6. The summed E-state index contributed by atoms with van der Waals surface area (Å²) in [4.78, 5) is 16.6. The highest BCUT2D eigenvalue weighted by Gasteiger charge is 2.14. The van der Waals surface area contributed by atoms with Gasteiger partial charge in [-0.3, -0.25) is 5.10 Å². The molecular formula is C12H15N3O2S2. The number of H-pyrrole nitrogens is 1. The molecule has 7 heteroatoms. The van der Waals surface area contributed by atoms with E-state index >= 15 is 0 Å². The van der Waals surface area contributed by atoms with Crippen LogP contribution in [0.4, 0.5) is 0 Å². The zero-order chi connectivity index (χ0) is 13.7. The van der Waals surface area contributed by atoms with E-state index in [0.29, 0.717) is 15.8 Å². The lowest BCUT2D eigenvalue weighted by molar-refractivity contribution is 0.0605. The Hall–Kier alpha value is -1.34. The second kappa shape index (κ2) is 6.72. The van der Waals surface area contributed by atoms with Gasteiger partial charge in [0, 0.05) is 12.2 Å². The lowest BCUT2D eigenvalue weighted by Gasteiger charge is -2.00. The monoisotopic (exact) mass is 297 g/mol. The smallest absolute Gasteiger partial charge is 0.348 e. The fourth-order valence-electron chi connectivity index (χ4n) is 1.55. The van der Waals surface area contributed by atoms with Crippen LogP contribution in [0.5, 0.6) is 0 Å². The van der Waals surface area contributed by atoms with Crippen molar-refractivity contribution in [3.8, 4) is 0 Å². The molecule has 0 amide bonds. The number of rotatable bonds is 6. The van der Waals surface area contributed by atoms with Crippen molar-refractivity contribution < 1.29 is 9.53 Å². The Balaban J connectivity index is 1.98. The van der Waals surface area contributed by atoms with E-state index in [9.17, 15) is 4.79 Å². The zero-order valence-corrected chi connectivity index (χ0v) is 12.4. The molecule has 0 atom stereocenters. The van der Waals surface area contributed by atoms with Gasteiger partial charge in [0.25, 0.3) is 0 Å². The van der Waals surface area contributed by atoms with E-state index < -0.39 is 0 Å². The Morgan fingerprint density at radius 2 is 2.42 bits per heavy atom. The predicted molar refractivity (Wildman–Crippen MR) is 75.6 cm³/mol. The molecule has 2 rings (SSSR count). The second-order valence-corrected chi connectivity index (χ2v) is 5.73. The van der Waals surface area contributed by atoms with Gasteiger partial charge in [-0.1, -0.05) is 18.7 Å². The Morgan fingerprint density at radius 3 is 3.16 bits per heavy atom. The van der Waals surface area contributed by atoms with Gasteiger partial charge in [-0.2, -0.15) is 0 Å². The number of nitrogens with zero attached hydrogens (tertiary/aromatic N) is 2. The maximum absolute atomic E-state index is 11.5. The number of carbonyl (C=O) groups is 1. The van der Waals surface area contributed by atoms with E-state index in [1.807, 2.05) is 11.4 Å². The minimum atomic E-state index is -0.285. The van der Waals surface area contributed by atoms with Crippen LogP contribution in [0.3, 0.4) is 0 Å². The van der Waals surface area contributed by atoms with Gasteiger partial charge in [0.2, 0.25) is 5.16 Å². The summed E-state index contributed by atoms with van der Waals surface area (Å²) < 4.78 is 4.75. The third-order valence-corrected chi connectivity index (χ3v) is 4.31. The number of nitrogens with one attached hydrogen (secondary N) is 1. The number of hydrogen-bond donors (Lipinski definition) is 1. The molecule has 0 radical (unpaired) electrons. The fourth-order valence-corrected chi connectivity index (χ4v) is 3.30. The molecule has 0 saturated heterocycles. The summed E-state index contributed by atoms with van der Waals surface area (Å²) in [6, 6.07) is 1.93. The zero-order valence-electron chi connectivity index (χ0n) is 10.8. The molecule has 0 bridgehead atoms. The normalized spacial score (nSPS) is 10.6. The van der Waals surface area contributed by atoms with Gasteiger partial charge in [-0.05, 0) is 23.4 Å². The topological polar surface area (TPSA) is 67.9 Å². The number of carbonyl (C=O) groups excluding carboxylic acids is 1. The van der Waals surface area contributed by atoms with Crippen LogP contribution in [0.1, 0.15) is 34.4 Å². The highest BCUT2D eigenvalue weighted by molar-refractivity contribution is 7.98. The summed E-state index contributed by atoms with van der Waals surface area (Å²) in [5.74, 6) is 1.29. The average Bonchev–Trinajstić information content (AvgIpc) is 3.04. The molecule has 0 aliphatic carbocycles. The van der Waals surface area contributed by atoms with E-state index in [-0.39, 0.29) is 5.97 Å². The Morgan fingerprint density at radius 1 is 1.58 bits per heavy atom. The number of aromatic amines is 1. The minimum absolute atomic E-state index is 0.285. The summed E-state index contributed by atoms with van der Waals surface area (Å²) in [7, 11) is 1.39. The number of aromatic nitrogens is 3. The lowest BCUT2D eigenvalue weighted by atomic mass is 10.3. The highest BCUT2D eigenvalue weighted by atomic mass is 32.2. The van der Waals surface area contributed by atoms with Crippen LogP contribution in [0.25, 0.3) is 0 Å². The molecule has 0 unspecified atom stereocenters. The molecule has 0 fully saturated rings. The molecule has 2 aromatic rings. The fraction of sp³-hybridized carbons (Fsp3) is 0.417. The van der Waals surface area contributed by atoms with Crippen molar-refractivity contribution >= 4 is 29.1 Å². The molecule has 0 aromatic carbocycles. The first-order chi connectivity index (χ1) is 9.24. The van der Waals surface area contributed by atoms with Gasteiger partial charge < -0.3 is 4.74 Å². The van der Waals surface area contributed by atoms with Crippen molar-refractivity contribution in [1.29, 1.82) is 0 Å². The maximum Gasteiger partial charge on any atom is 0.348 e. The number of thioether (sulfide) groups is 1. The number of thiophene rings is 1. The number of methoxy groups -OCH3 is 1.